The second kappa shape index (κ2) is 5.45. The van der Waals surface area contributed by atoms with Crippen molar-refractivity contribution in [2.24, 2.45) is 0 Å². The average molecular weight is 220 g/mol. The fourth-order valence-electron chi connectivity index (χ4n) is 1.01. The van der Waals surface area contributed by atoms with Gasteiger partial charge in [-0.05, 0) is 12.1 Å². The summed E-state index contributed by atoms with van der Waals surface area (Å²) in [4.78, 5) is 28.6. The van der Waals surface area contributed by atoms with Gasteiger partial charge in [0.2, 0.25) is 6.29 Å². The molecule has 0 fully saturated rings. The van der Waals surface area contributed by atoms with Gasteiger partial charge in [-0.3, -0.25) is 4.79 Å². The molecule has 0 radical (unpaired) electrons. The van der Waals surface area contributed by atoms with Crippen molar-refractivity contribution in [2.75, 3.05) is 0 Å². The van der Waals surface area contributed by atoms with Crippen molar-refractivity contribution < 1.29 is 19.1 Å². The van der Waals surface area contributed by atoms with Crippen LogP contribution in [0.4, 0.5) is 0 Å². The first-order valence-corrected chi connectivity index (χ1v) is 4.30. The van der Waals surface area contributed by atoms with Crippen molar-refractivity contribution in [3.8, 4) is 0 Å². The maximum Gasteiger partial charge on any atom is 0.368 e. The highest BCUT2D eigenvalue weighted by Crippen LogP contribution is 2.08. The third-order valence-electron chi connectivity index (χ3n) is 1.63. The fourth-order valence-corrected chi connectivity index (χ4v) is 1.01. The normalized spacial score (nSPS) is 9.00. The molecular weight excluding hydrogens is 212 g/mol. The highest BCUT2D eigenvalue weighted by Gasteiger charge is 1.92. The van der Waals surface area contributed by atoms with Crippen molar-refractivity contribution in [1.82, 2.24) is 0 Å². The van der Waals surface area contributed by atoms with Gasteiger partial charge in [0.25, 0.3) is 0 Å². The standard InChI is InChI=1S/C9H6O2.C2H2O3/c10-9-6-5-7-3-1-2-4-8(7)11-9;3-1-2(4)5/h1-6H;1H,(H,4,5). The summed E-state index contributed by atoms with van der Waals surface area (Å²) in [5.74, 6) is -1.43. The van der Waals surface area contributed by atoms with Crippen LogP contribution in [-0.4, -0.2) is 17.4 Å². The van der Waals surface area contributed by atoms with E-state index in [4.69, 9.17) is 19.1 Å². The Balaban J connectivity index is 0.000000221. The molecular formula is C11H8O5. The minimum atomic E-state index is -1.43. The topological polar surface area (TPSA) is 84.6 Å². The Kier molecular flexibility index (Phi) is 3.97. The summed E-state index contributed by atoms with van der Waals surface area (Å²) in [6.45, 7) is 0. The van der Waals surface area contributed by atoms with E-state index in [2.05, 4.69) is 0 Å². The molecule has 0 saturated heterocycles. The van der Waals surface area contributed by atoms with Crippen LogP contribution in [0, 0.1) is 0 Å². The van der Waals surface area contributed by atoms with E-state index in [1.165, 1.54) is 6.07 Å². The van der Waals surface area contributed by atoms with Gasteiger partial charge in [-0.15, -0.1) is 0 Å². The molecule has 0 bridgehead atoms. The molecule has 2 aromatic rings. The maximum atomic E-state index is 10.7. The number of para-hydroxylation sites is 1. The van der Waals surface area contributed by atoms with E-state index in [0.29, 0.717) is 5.58 Å². The van der Waals surface area contributed by atoms with E-state index >= 15 is 0 Å². The summed E-state index contributed by atoms with van der Waals surface area (Å²) in [6, 6.07) is 10.6. The van der Waals surface area contributed by atoms with Gasteiger partial charge in [0.05, 0.1) is 0 Å². The lowest BCUT2D eigenvalue weighted by Crippen LogP contribution is -1.93. The molecule has 5 heteroatoms. The Morgan fingerprint density at radius 2 is 1.81 bits per heavy atom. The number of carbonyl (C=O) groups is 2. The highest BCUT2D eigenvalue weighted by molar-refractivity contribution is 6.19. The highest BCUT2D eigenvalue weighted by atomic mass is 16.4. The van der Waals surface area contributed by atoms with Crippen molar-refractivity contribution in [2.45, 2.75) is 0 Å². The molecule has 16 heavy (non-hydrogen) atoms. The molecule has 1 aromatic heterocycles. The molecule has 0 atom stereocenters. The average Bonchev–Trinajstić information content (AvgIpc) is 2.29. The monoisotopic (exact) mass is 220 g/mol. The second-order valence-electron chi connectivity index (χ2n) is 2.75. The minimum absolute atomic E-state index is 0.167. The number of hydrogen-bond acceptors (Lipinski definition) is 4. The quantitative estimate of drug-likeness (QED) is 0.441. The Labute approximate surface area is 89.9 Å². The van der Waals surface area contributed by atoms with Gasteiger partial charge in [-0.25, -0.2) is 9.59 Å². The minimum Gasteiger partial charge on any atom is -0.476 e. The predicted octanol–water partition coefficient (Wildman–Crippen LogP) is 1.06. The van der Waals surface area contributed by atoms with E-state index in [1.54, 1.807) is 12.1 Å². The van der Waals surface area contributed by atoms with Crippen molar-refractivity contribution in [3.05, 3.63) is 46.8 Å². The lowest BCUT2D eigenvalue weighted by Gasteiger charge is -1.91. The summed E-state index contributed by atoms with van der Waals surface area (Å²) in [5.41, 5.74) is 0.337. The first-order valence-electron chi connectivity index (χ1n) is 4.30. The third-order valence-corrected chi connectivity index (χ3v) is 1.63. The molecule has 0 saturated carbocycles. The summed E-state index contributed by atoms with van der Waals surface area (Å²) in [7, 11) is 0. The summed E-state index contributed by atoms with van der Waals surface area (Å²) in [5, 5.41) is 8.31. The van der Waals surface area contributed by atoms with Crippen molar-refractivity contribution in [1.29, 1.82) is 0 Å². The van der Waals surface area contributed by atoms with Crippen LogP contribution in [0.15, 0.2) is 45.6 Å². The Morgan fingerprint density at radius 3 is 2.44 bits per heavy atom. The smallest absolute Gasteiger partial charge is 0.368 e. The zero-order chi connectivity index (χ0) is 12.0. The SMILES string of the molecule is O=CC(=O)O.O=c1ccc2ccccc2o1. The van der Waals surface area contributed by atoms with Crippen LogP contribution in [0.1, 0.15) is 0 Å². The molecule has 1 aromatic carbocycles. The van der Waals surface area contributed by atoms with Crippen molar-refractivity contribution in [3.63, 3.8) is 0 Å². The predicted molar refractivity (Wildman–Crippen MR) is 56.2 cm³/mol. The number of aldehydes is 1. The number of carboxylic acids is 1. The molecule has 0 aliphatic carbocycles. The van der Waals surface area contributed by atoms with Crippen molar-refractivity contribution >= 4 is 23.2 Å². The van der Waals surface area contributed by atoms with Gasteiger partial charge < -0.3 is 9.52 Å². The first kappa shape index (κ1) is 11.6. The lowest BCUT2D eigenvalue weighted by molar-refractivity contribution is -0.143. The maximum absolute atomic E-state index is 10.7. The Bertz CT molecular complexity index is 555. The zero-order valence-corrected chi connectivity index (χ0v) is 8.12. The van der Waals surface area contributed by atoms with Crippen LogP contribution in [0.25, 0.3) is 11.0 Å². The number of benzene rings is 1. The molecule has 0 unspecified atom stereocenters. The Morgan fingerprint density at radius 1 is 1.19 bits per heavy atom. The largest absolute Gasteiger partial charge is 0.476 e. The van der Waals surface area contributed by atoms with Crippen LogP contribution in [-0.2, 0) is 9.59 Å². The number of aliphatic carboxylic acids is 1. The van der Waals surface area contributed by atoms with Gasteiger partial charge >= 0.3 is 11.6 Å². The molecule has 0 aliphatic heterocycles. The van der Waals surface area contributed by atoms with Gasteiger partial charge in [-0.2, -0.15) is 0 Å². The summed E-state index contributed by atoms with van der Waals surface area (Å²) in [6.07, 6.45) is -0.167. The van der Waals surface area contributed by atoms with E-state index < -0.39 is 5.97 Å². The second-order valence-corrected chi connectivity index (χ2v) is 2.75. The molecule has 1 N–H and O–H groups in total. The number of hydrogen-bond donors (Lipinski definition) is 1. The lowest BCUT2D eigenvalue weighted by atomic mass is 10.2. The van der Waals surface area contributed by atoms with Gasteiger partial charge in [-0.1, -0.05) is 18.2 Å². The van der Waals surface area contributed by atoms with E-state index in [-0.39, 0.29) is 11.9 Å². The van der Waals surface area contributed by atoms with E-state index in [0.717, 1.165) is 5.39 Å². The third kappa shape index (κ3) is 3.38. The number of rotatable bonds is 1. The molecule has 1 heterocycles. The molecule has 0 aliphatic rings. The molecule has 0 spiro atoms. The van der Waals surface area contributed by atoms with Gasteiger partial charge in [0, 0.05) is 11.5 Å². The fraction of sp³-hybridized carbons (Fsp3) is 0. The summed E-state index contributed by atoms with van der Waals surface area (Å²) < 4.78 is 4.91. The molecule has 5 nitrogen and oxygen atoms in total. The first-order chi connectivity index (χ1) is 7.63. The van der Waals surface area contributed by atoms with Crippen LogP contribution >= 0.6 is 0 Å². The molecule has 0 amide bonds. The van der Waals surface area contributed by atoms with E-state index in [1.807, 2.05) is 18.2 Å². The Hall–Kier alpha value is -2.43. The van der Waals surface area contributed by atoms with Crippen LogP contribution < -0.4 is 5.63 Å². The van der Waals surface area contributed by atoms with Gasteiger partial charge in [0.15, 0.2) is 0 Å². The molecule has 2 rings (SSSR count). The van der Waals surface area contributed by atoms with E-state index in [9.17, 15) is 4.79 Å². The van der Waals surface area contributed by atoms with Gasteiger partial charge in [0.1, 0.15) is 5.58 Å². The number of carbonyl (C=O) groups excluding carboxylic acids is 1. The number of fused-ring (bicyclic) bond motifs is 1. The zero-order valence-electron chi connectivity index (χ0n) is 8.12. The number of carboxylic acid groups (broad SMARTS) is 1. The summed E-state index contributed by atoms with van der Waals surface area (Å²) >= 11 is 0. The van der Waals surface area contributed by atoms with Crippen LogP contribution in [0.2, 0.25) is 0 Å². The molecule has 82 valence electrons. The van der Waals surface area contributed by atoms with Crippen LogP contribution in [0.3, 0.4) is 0 Å². The van der Waals surface area contributed by atoms with Crippen LogP contribution in [0.5, 0.6) is 0 Å².